The third-order valence-corrected chi connectivity index (χ3v) is 2.78. The third kappa shape index (κ3) is 2.96. The van der Waals surface area contributed by atoms with Gasteiger partial charge in [0.25, 0.3) is 0 Å². The van der Waals surface area contributed by atoms with Crippen LogP contribution in [0.1, 0.15) is 11.1 Å². The molecule has 0 radical (unpaired) electrons. The van der Waals surface area contributed by atoms with Gasteiger partial charge in [0.2, 0.25) is 5.75 Å². The third-order valence-electron chi connectivity index (χ3n) is 2.78. The molecule has 2 N–H and O–H groups in total. The fourth-order valence-electron chi connectivity index (χ4n) is 1.77. The van der Waals surface area contributed by atoms with Crippen LogP contribution in [0.4, 0.5) is 10.1 Å². The lowest BCUT2D eigenvalue weighted by Crippen LogP contribution is -2.03. The van der Waals surface area contributed by atoms with Crippen molar-refractivity contribution in [2.45, 2.75) is 6.54 Å². The first-order chi connectivity index (χ1) is 10.1. The van der Waals surface area contributed by atoms with Gasteiger partial charge >= 0.3 is 5.69 Å². The van der Waals surface area contributed by atoms with Gasteiger partial charge in [-0.3, -0.25) is 10.1 Å². The smallest absolute Gasteiger partial charge is 0.312 e. The van der Waals surface area contributed by atoms with Crippen molar-refractivity contribution in [1.82, 2.24) is 0 Å². The van der Waals surface area contributed by atoms with Crippen molar-refractivity contribution in [3.8, 4) is 17.6 Å². The van der Waals surface area contributed by atoms with Crippen LogP contribution in [0.5, 0.6) is 11.5 Å². The van der Waals surface area contributed by atoms with Crippen LogP contribution in [-0.4, -0.2) is 4.92 Å². The van der Waals surface area contributed by atoms with E-state index < -0.39 is 10.7 Å². The highest BCUT2D eigenvalue weighted by molar-refractivity contribution is 5.53. The summed E-state index contributed by atoms with van der Waals surface area (Å²) in [5.74, 6) is -0.532. The Morgan fingerprint density at radius 1 is 1.33 bits per heavy atom. The van der Waals surface area contributed by atoms with Gasteiger partial charge in [-0.15, -0.1) is 0 Å². The van der Waals surface area contributed by atoms with Crippen LogP contribution < -0.4 is 10.5 Å². The summed E-state index contributed by atoms with van der Waals surface area (Å²) < 4.78 is 19.0. The summed E-state index contributed by atoms with van der Waals surface area (Å²) in [7, 11) is 0. The van der Waals surface area contributed by atoms with Crippen LogP contribution in [0.2, 0.25) is 0 Å². The Hall–Kier alpha value is -2.98. The van der Waals surface area contributed by atoms with E-state index in [1.54, 1.807) is 6.07 Å². The van der Waals surface area contributed by atoms with E-state index in [2.05, 4.69) is 0 Å². The van der Waals surface area contributed by atoms with Crippen molar-refractivity contribution < 1.29 is 14.1 Å². The van der Waals surface area contributed by atoms with Crippen LogP contribution in [0.3, 0.4) is 0 Å². The first kappa shape index (κ1) is 14.4. The molecule has 0 bridgehead atoms. The van der Waals surface area contributed by atoms with Crippen molar-refractivity contribution in [3.05, 3.63) is 63.5 Å². The van der Waals surface area contributed by atoms with E-state index >= 15 is 0 Å². The molecule has 0 aromatic heterocycles. The summed E-state index contributed by atoms with van der Waals surface area (Å²) in [6.07, 6.45) is 0. The van der Waals surface area contributed by atoms with Crippen molar-refractivity contribution in [3.63, 3.8) is 0 Å². The topological polar surface area (TPSA) is 102 Å². The lowest BCUT2D eigenvalue weighted by molar-refractivity contribution is -0.385. The zero-order valence-corrected chi connectivity index (χ0v) is 10.7. The van der Waals surface area contributed by atoms with Gasteiger partial charge in [-0.05, 0) is 24.3 Å². The number of nitro benzene ring substituents is 1. The van der Waals surface area contributed by atoms with Gasteiger partial charge in [-0.1, -0.05) is 6.07 Å². The Kier molecular flexibility index (Phi) is 4.11. The molecule has 0 fully saturated rings. The van der Waals surface area contributed by atoms with Crippen molar-refractivity contribution in [2.24, 2.45) is 5.73 Å². The fraction of sp³-hybridized carbons (Fsp3) is 0.0714. The Labute approximate surface area is 119 Å². The molecule has 0 amide bonds. The number of halogens is 1. The Morgan fingerprint density at radius 2 is 2.10 bits per heavy atom. The highest BCUT2D eigenvalue weighted by Gasteiger charge is 2.18. The molecule has 21 heavy (non-hydrogen) atoms. The molecule has 2 aromatic carbocycles. The summed E-state index contributed by atoms with van der Waals surface area (Å²) in [5.41, 5.74) is 5.33. The number of hydrogen-bond acceptors (Lipinski definition) is 5. The molecule has 7 heteroatoms. The van der Waals surface area contributed by atoms with Gasteiger partial charge < -0.3 is 10.5 Å². The highest BCUT2D eigenvalue weighted by atomic mass is 19.1. The van der Waals surface area contributed by atoms with Crippen molar-refractivity contribution in [1.29, 1.82) is 5.26 Å². The molecule has 106 valence electrons. The minimum Gasteiger partial charge on any atom is -0.450 e. The Balaban J connectivity index is 2.47. The number of rotatable bonds is 4. The molecule has 0 aliphatic heterocycles. The monoisotopic (exact) mass is 287 g/mol. The van der Waals surface area contributed by atoms with Crippen LogP contribution >= 0.6 is 0 Å². The van der Waals surface area contributed by atoms with Crippen LogP contribution in [0, 0.1) is 27.3 Å². The fourth-order valence-corrected chi connectivity index (χ4v) is 1.77. The maximum atomic E-state index is 13.6. The van der Waals surface area contributed by atoms with E-state index in [0.29, 0.717) is 0 Å². The van der Waals surface area contributed by atoms with Gasteiger partial charge in [0.1, 0.15) is 11.6 Å². The highest BCUT2D eigenvalue weighted by Crippen LogP contribution is 2.34. The second kappa shape index (κ2) is 5.98. The van der Waals surface area contributed by atoms with E-state index in [-0.39, 0.29) is 34.9 Å². The van der Waals surface area contributed by atoms with E-state index in [1.165, 1.54) is 30.3 Å². The molecule has 2 aromatic rings. The predicted molar refractivity (Wildman–Crippen MR) is 72.2 cm³/mol. The average Bonchev–Trinajstić information content (AvgIpc) is 2.47. The van der Waals surface area contributed by atoms with Crippen LogP contribution in [0.25, 0.3) is 0 Å². The molecule has 0 aliphatic rings. The van der Waals surface area contributed by atoms with E-state index in [1.807, 2.05) is 0 Å². The summed E-state index contributed by atoms with van der Waals surface area (Å²) in [6, 6.07) is 9.68. The molecule has 0 saturated heterocycles. The van der Waals surface area contributed by atoms with Gasteiger partial charge in [-0.25, -0.2) is 4.39 Å². The number of benzene rings is 2. The standard InChI is InChI=1S/C14H10FN3O3/c15-11-2-1-3-13(10(11)8-17)21-14-5-4-9(7-16)6-12(14)18(19)20/h1-6H,8,17H2. The second-order valence-electron chi connectivity index (χ2n) is 4.07. The van der Waals surface area contributed by atoms with Gasteiger partial charge in [-0.2, -0.15) is 5.26 Å². The predicted octanol–water partition coefficient (Wildman–Crippen LogP) is 2.86. The molecule has 0 aliphatic carbocycles. The molecule has 2 rings (SSSR count). The zero-order valence-electron chi connectivity index (χ0n) is 10.7. The molecule has 0 saturated carbocycles. The van der Waals surface area contributed by atoms with Crippen LogP contribution in [0.15, 0.2) is 36.4 Å². The zero-order chi connectivity index (χ0) is 15.4. The number of nitro groups is 1. The summed E-state index contributed by atoms with van der Waals surface area (Å²) in [4.78, 5) is 10.3. The molecular formula is C14H10FN3O3. The summed E-state index contributed by atoms with van der Waals surface area (Å²) >= 11 is 0. The maximum Gasteiger partial charge on any atom is 0.312 e. The summed E-state index contributed by atoms with van der Waals surface area (Å²) in [5, 5.41) is 19.8. The van der Waals surface area contributed by atoms with Crippen molar-refractivity contribution >= 4 is 5.69 Å². The molecular weight excluding hydrogens is 277 g/mol. The van der Waals surface area contributed by atoms with E-state index in [0.717, 1.165) is 6.07 Å². The molecule has 6 nitrogen and oxygen atoms in total. The molecule has 0 unspecified atom stereocenters. The quantitative estimate of drug-likeness (QED) is 0.688. The number of ether oxygens (including phenoxy) is 1. The van der Waals surface area contributed by atoms with Crippen molar-refractivity contribution in [2.75, 3.05) is 0 Å². The number of nitrogens with two attached hydrogens (primary N) is 1. The lowest BCUT2D eigenvalue weighted by atomic mass is 10.1. The van der Waals surface area contributed by atoms with Gasteiger partial charge in [0.05, 0.1) is 16.6 Å². The molecule has 0 atom stereocenters. The van der Waals surface area contributed by atoms with Gasteiger partial charge in [0, 0.05) is 18.2 Å². The summed E-state index contributed by atoms with van der Waals surface area (Å²) in [6.45, 7) is -0.105. The minimum absolute atomic E-state index is 0.0840. The van der Waals surface area contributed by atoms with E-state index in [4.69, 9.17) is 15.7 Å². The largest absolute Gasteiger partial charge is 0.450 e. The molecule has 0 heterocycles. The SMILES string of the molecule is N#Cc1ccc(Oc2cccc(F)c2CN)c([N+](=O)[O-])c1. The Morgan fingerprint density at radius 3 is 2.71 bits per heavy atom. The first-order valence-corrected chi connectivity index (χ1v) is 5.90. The average molecular weight is 287 g/mol. The Bertz CT molecular complexity index is 741. The minimum atomic E-state index is -0.669. The lowest BCUT2D eigenvalue weighted by Gasteiger charge is -2.10. The first-order valence-electron chi connectivity index (χ1n) is 5.90. The maximum absolute atomic E-state index is 13.6. The number of nitrogens with zero attached hydrogens (tertiary/aromatic N) is 2. The van der Waals surface area contributed by atoms with Gasteiger partial charge in [0.15, 0.2) is 0 Å². The number of nitriles is 1. The second-order valence-corrected chi connectivity index (χ2v) is 4.07. The molecule has 0 spiro atoms. The van der Waals surface area contributed by atoms with E-state index in [9.17, 15) is 14.5 Å². The number of hydrogen-bond donors (Lipinski definition) is 1. The van der Waals surface area contributed by atoms with Crippen LogP contribution in [-0.2, 0) is 6.54 Å². The normalized spacial score (nSPS) is 9.95.